The lowest BCUT2D eigenvalue weighted by Gasteiger charge is -2.36. The largest absolute Gasteiger partial charge is 0.340 e. The molecule has 2 heterocycles. The second kappa shape index (κ2) is 11.5. The van der Waals surface area contributed by atoms with Crippen molar-refractivity contribution in [3.63, 3.8) is 0 Å². The number of urea groups is 1. The fourth-order valence-corrected chi connectivity index (χ4v) is 4.13. The zero-order chi connectivity index (χ0) is 24.8. The van der Waals surface area contributed by atoms with Crippen LogP contribution in [-0.2, 0) is 6.54 Å². The van der Waals surface area contributed by atoms with Gasteiger partial charge in [0.15, 0.2) is 0 Å². The number of carbonyl (C=O) groups is 1. The van der Waals surface area contributed by atoms with Gasteiger partial charge in [-0.05, 0) is 43.7 Å². The Balaban J connectivity index is 1.48. The molecule has 182 valence electrons. The van der Waals surface area contributed by atoms with E-state index in [-0.39, 0.29) is 0 Å². The monoisotopic (exact) mass is 511 g/mol. The number of hydrogen-bond donors (Lipinski definition) is 2. The van der Waals surface area contributed by atoms with Crippen LogP contribution in [0, 0.1) is 13.8 Å². The van der Waals surface area contributed by atoms with E-state index in [1.807, 2.05) is 30.9 Å². The van der Waals surface area contributed by atoms with E-state index < -0.39 is 6.03 Å². The number of aromatic nitrogens is 2. The minimum absolute atomic E-state index is 0.305. The van der Waals surface area contributed by atoms with Gasteiger partial charge in [0.1, 0.15) is 0 Å². The van der Waals surface area contributed by atoms with E-state index in [0.29, 0.717) is 40.7 Å². The molecule has 0 saturated carbocycles. The average molecular weight is 512 g/mol. The number of anilines is 1. The maximum Gasteiger partial charge on any atom is 0.326 e. The van der Waals surface area contributed by atoms with Gasteiger partial charge < -0.3 is 10.2 Å². The minimum Gasteiger partial charge on any atom is -0.340 e. The number of rotatable bonds is 4. The fourth-order valence-electron chi connectivity index (χ4n) is 3.83. The molecule has 0 aliphatic carbocycles. The molecule has 1 fully saturated rings. The topological polar surface area (TPSA) is 85.7 Å². The van der Waals surface area contributed by atoms with Crippen molar-refractivity contribution in [2.24, 2.45) is 4.99 Å². The summed E-state index contributed by atoms with van der Waals surface area (Å²) in [7, 11) is 0. The number of aryl methyl sites for hydroxylation is 2. The highest BCUT2D eigenvalue weighted by atomic mass is 35.5. The van der Waals surface area contributed by atoms with Crippen LogP contribution in [0.25, 0.3) is 0 Å². The maximum atomic E-state index is 12.8. The number of halogens is 2. The molecule has 2 N–H and O–H groups in total. The number of nitrogens with one attached hydrogen (secondary N) is 2. The second-order valence-electron chi connectivity index (χ2n) is 8.34. The summed E-state index contributed by atoms with van der Waals surface area (Å²) >= 11 is 12.1. The van der Waals surface area contributed by atoms with E-state index in [0.717, 1.165) is 31.0 Å². The van der Waals surface area contributed by atoms with Gasteiger partial charge in [0.05, 0.1) is 10.0 Å². The summed E-state index contributed by atoms with van der Waals surface area (Å²) in [6, 6.07) is 16.7. The number of aliphatic imine (C=N–C) groups is 1. The molecule has 10 heteroatoms. The first-order chi connectivity index (χ1) is 16.9. The van der Waals surface area contributed by atoms with E-state index in [1.54, 1.807) is 18.2 Å². The summed E-state index contributed by atoms with van der Waals surface area (Å²) in [5, 5.41) is 6.42. The second-order valence-corrected chi connectivity index (χ2v) is 9.16. The summed E-state index contributed by atoms with van der Waals surface area (Å²) < 4.78 is 0. The van der Waals surface area contributed by atoms with Gasteiger partial charge in [0.25, 0.3) is 5.95 Å². The van der Waals surface area contributed by atoms with Crippen LogP contribution in [0.5, 0.6) is 0 Å². The van der Waals surface area contributed by atoms with Gasteiger partial charge in [-0.1, -0.05) is 53.5 Å². The number of amides is 2. The van der Waals surface area contributed by atoms with Crippen LogP contribution in [0.15, 0.2) is 59.6 Å². The number of piperazine rings is 1. The van der Waals surface area contributed by atoms with Crippen molar-refractivity contribution >= 4 is 46.8 Å². The molecule has 0 atom stereocenters. The molecule has 0 bridgehead atoms. The lowest BCUT2D eigenvalue weighted by atomic mass is 10.2. The third kappa shape index (κ3) is 7.14. The molecule has 1 saturated heterocycles. The quantitative estimate of drug-likeness (QED) is 0.379. The van der Waals surface area contributed by atoms with Gasteiger partial charge in [0.2, 0.25) is 5.96 Å². The standard InChI is InChI=1S/C25H27Cl2N7O/c1-17-14-18(2)29-23(28-17)31-24(32-25(35)30-20-8-9-21(26)22(27)15-20)34-12-10-33(11-13-34)16-19-6-4-3-5-7-19/h3-9,14-15H,10-13,16H2,1-2H3,(H2,28,29,30,31,32,35). The number of guanidine groups is 1. The van der Waals surface area contributed by atoms with Crippen LogP contribution in [0.1, 0.15) is 17.0 Å². The first-order valence-corrected chi connectivity index (χ1v) is 12.1. The van der Waals surface area contributed by atoms with Crippen LogP contribution < -0.4 is 10.6 Å². The van der Waals surface area contributed by atoms with E-state index in [9.17, 15) is 4.79 Å². The zero-order valence-electron chi connectivity index (χ0n) is 19.6. The molecular formula is C25H27Cl2N7O. The first kappa shape index (κ1) is 24.9. The third-order valence-electron chi connectivity index (χ3n) is 5.50. The van der Waals surface area contributed by atoms with Crippen LogP contribution in [0.3, 0.4) is 0 Å². The van der Waals surface area contributed by atoms with Crippen molar-refractivity contribution in [1.82, 2.24) is 25.1 Å². The zero-order valence-corrected chi connectivity index (χ0v) is 21.1. The van der Waals surface area contributed by atoms with Crippen LogP contribution in [0.4, 0.5) is 16.4 Å². The molecule has 2 amide bonds. The van der Waals surface area contributed by atoms with Crippen molar-refractivity contribution in [3.8, 4) is 0 Å². The molecular weight excluding hydrogens is 485 g/mol. The molecule has 1 aliphatic heterocycles. The van der Waals surface area contributed by atoms with Crippen molar-refractivity contribution < 1.29 is 4.79 Å². The lowest BCUT2D eigenvalue weighted by Crippen LogP contribution is -2.53. The Kier molecular flexibility index (Phi) is 8.17. The molecule has 35 heavy (non-hydrogen) atoms. The number of hydrogen-bond acceptors (Lipinski definition) is 5. The van der Waals surface area contributed by atoms with Crippen LogP contribution >= 0.6 is 23.2 Å². The molecule has 0 radical (unpaired) electrons. The predicted molar refractivity (Wildman–Crippen MR) is 141 cm³/mol. The smallest absolute Gasteiger partial charge is 0.326 e. The third-order valence-corrected chi connectivity index (χ3v) is 6.24. The van der Waals surface area contributed by atoms with Gasteiger partial charge in [0, 0.05) is 49.8 Å². The van der Waals surface area contributed by atoms with Crippen molar-refractivity contribution in [3.05, 3.63) is 81.6 Å². The molecule has 8 nitrogen and oxygen atoms in total. The fraction of sp³-hybridized carbons (Fsp3) is 0.280. The summed E-state index contributed by atoms with van der Waals surface area (Å²) in [5.41, 5.74) is 3.41. The van der Waals surface area contributed by atoms with E-state index in [4.69, 9.17) is 23.2 Å². The summed E-state index contributed by atoms with van der Waals surface area (Å²) in [4.78, 5) is 30.7. The van der Waals surface area contributed by atoms with E-state index >= 15 is 0 Å². The Morgan fingerprint density at radius 2 is 1.63 bits per heavy atom. The predicted octanol–water partition coefficient (Wildman–Crippen LogP) is 5.03. The van der Waals surface area contributed by atoms with Gasteiger partial charge in [-0.3, -0.25) is 10.2 Å². The number of carbonyl (C=O) groups excluding carboxylic acids is 1. The highest BCUT2D eigenvalue weighted by molar-refractivity contribution is 6.42. The number of benzene rings is 2. The highest BCUT2D eigenvalue weighted by Gasteiger charge is 2.22. The summed E-state index contributed by atoms with van der Waals surface area (Å²) in [6.07, 6.45) is 0. The Bertz CT molecular complexity index is 1190. The summed E-state index contributed by atoms with van der Waals surface area (Å²) in [5.74, 6) is 0.700. The van der Waals surface area contributed by atoms with Gasteiger partial charge >= 0.3 is 6.03 Å². The van der Waals surface area contributed by atoms with Crippen molar-refractivity contribution in [1.29, 1.82) is 0 Å². The average Bonchev–Trinajstić information content (AvgIpc) is 2.82. The first-order valence-electron chi connectivity index (χ1n) is 11.3. The minimum atomic E-state index is -0.446. The SMILES string of the molecule is Cc1cc(C)nc(/N=C(/NC(=O)Nc2ccc(Cl)c(Cl)c2)N2CCN(Cc3ccccc3)CC2)n1. The molecule has 3 aromatic rings. The van der Waals surface area contributed by atoms with Gasteiger partial charge in [-0.2, -0.15) is 4.99 Å². The maximum absolute atomic E-state index is 12.8. The van der Waals surface area contributed by atoms with E-state index in [2.05, 4.69) is 54.8 Å². The molecule has 0 spiro atoms. The molecule has 1 aliphatic rings. The Morgan fingerprint density at radius 1 is 0.943 bits per heavy atom. The number of nitrogens with zero attached hydrogens (tertiary/aromatic N) is 5. The Morgan fingerprint density at radius 3 is 2.29 bits per heavy atom. The molecule has 1 aromatic heterocycles. The van der Waals surface area contributed by atoms with Gasteiger partial charge in [-0.15, -0.1) is 0 Å². The van der Waals surface area contributed by atoms with Crippen LogP contribution in [-0.4, -0.2) is 57.9 Å². The molecule has 0 unspecified atom stereocenters. The van der Waals surface area contributed by atoms with Gasteiger partial charge in [-0.25, -0.2) is 14.8 Å². The Labute approximate surface area is 215 Å². The molecule has 4 rings (SSSR count). The van der Waals surface area contributed by atoms with E-state index in [1.165, 1.54) is 5.56 Å². The van der Waals surface area contributed by atoms with Crippen molar-refractivity contribution in [2.75, 3.05) is 31.5 Å². The van der Waals surface area contributed by atoms with Crippen molar-refractivity contribution in [2.45, 2.75) is 20.4 Å². The van der Waals surface area contributed by atoms with Crippen LogP contribution in [0.2, 0.25) is 10.0 Å². The lowest BCUT2D eigenvalue weighted by molar-refractivity contribution is 0.173. The highest BCUT2D eigenvalue weighted by Crippen LogP contribution is 2.25. The summed E-state index contributed by atoms with van der Waals surface area (Å²) in [6.45, 7) is 7.72. The Hall–Kier alpha value is -3.20. The normalized spacial score (nSPS) is 14.6. The molecule has 2 aromatic carbocycles.